The van der Waals surface area contributed by atoms with Crippen LogP contribution in [0.2, 0.25) is 0 Å². The van der Waals surface area contributed by atoms with Crippen LogP contribution in [0.15, 0.2) is 48.5 Å². The van der Waals surface area contributed by atoms with Gasteiger partial charge in [0.15, 0.2) is 0 Å². The maximum atomic E-state index is 13.2. The van der Waals surface area contributed by atoms with Crippen LogP contribution in [-0.2, 0) is 19.1 Å². The van der Waals surface area contributed by atoms with Crippen molar-refractivity contribution in [2.24, 2.45) is 11.8 Å². The first-order valence-corrected chi connectivity index (χ1v) is 9.98. The molecule has 4 nitrogen and oxygen atoms in total. The lowest BCUT2D eigenvalue weighted by Crippen LogP contribution is -2.48. The van der Waals surface area contributed by atoms with Crippen LogP contribution in [0.1, 0.15) is 61.8 Å². The zero-order valence-corrected chi connectivity index (χ0v) is 16.7. The summed E-state index contributed by atoms with van der Waals surface area (Å²) < 4.78 is 11.2. The topological polar surface area (TPSA) is 52.6 Å². The Morgan fingerprint density at radius 2 is 0.929 bits per heavy atom. The number of rotatable bonds is 4. The zero-order chi connectivity index (χ0) is 20.0. The Labute approximate surface area is 165 Å². The minimum Gasteiger partial charge on any atom is -0.463 e. The number of benzene rings is 2. The van der Waals surface area contributed by atoms with Gasteiger partial charge in [-0.3, -0.25) is 9.59 Å². The Morgan fingerprint density at radius 3 is 1.18 bits per heavy atom. The number of carbonyl (C=O) groups is 2. The molecule has 0 radical (unpaired) electrons. The van der Waals surface area contributed by atoms with Crippen LogP contribution in [0, 0.1) is 11.8 Å². The first-order valence-electron chi connectivity index (χ1n) is 9.98. The van der Waals surface area contributed by atoms with Crippen molar-refractivity contribution in [3.63, 3.8) is 0 Å². The highest BCUT2D eigenvalue weighted by Crippen LogP contribution is 2.58. The third-order valence-corrected chi connectivity index (χ3v) is 5.69. The molecule has 3 aliphatic rings. The summed E-state index contributed by atoms with van der Waals surface area (Å²) in [5.74, 6) is -2.20. The van der Waals surface area contributed by atoms with Gasteiger partial charge in [-0.05, 0) is 49.9 Å². The molecule has 4 heteroatoms. The van der Waals surface area contributed by atoms with Gasteiger partial charge in [0.2, 0.25) is 0 Å². The molecule has 28 heavy (non-hydrogen) atoms. The number of fused-ring (bicyclic) bond motifs is 1. The van der Waals surface area contributed by atoms with Crippen molar-refractivity contribution >= 4 is 11.9 Å². The summed E-state index contributed by atoms with van der Waals surface area (Å²) in [4.78, 5) is 26.4. The van der Waals surface area contributed by atoms with E-state index in [4.69, 9.17) is 9.47 Å². The molecule has 2 aromatic carbocycles. The number of esters is 2. The molecule has 5 rings (SSSR count). The molecule has 0 fully saturated rings. The van der Waals surface area contributed by atoms with E-state index < -0.39 is 11.8 Å². The Bertz CT molecular complexity index is 793. The van der Waals surface area contributed by atoms with E-state index in [2.05, 4.69) is 24.3 Å². The second kappa shape index (κ2) is 7.08. The average Bonchev–Trinajstić information content (AvgIpc) is 2.66. The summed E-state index contributed by atoms with van der Waals surface area (Å²) in [7, 11) is 0. The third-order valence-electron chi connectivity index (χ3n) is 5.69. The van der Waals surface area contributed by atoms with E-state index in [9.17, 15) is 9.59 Å². The van der Waals surface area contributed by atoms with Crippen molar-refractivity contribution in [1.82, 2.24) is 0 Å². The van der Waals surface area contributed by atoms with Crippen LogP contribution in [0.4, 0.5) is 0 Å². The van der Waals surface area contributed by atoms with E-state index >= 15 is 0 Å². The van der Waals surface area contributed by atoms with E-state index in [1.807, 2.05) is 52.0 Å². The summed E-state index contributed by atoms with van der Waals surface area (Å²) in [6, 6.07) is 16.3. The Balaban J connectivity index is 1.91. The molecule has 0 aliphatic heterocycles. The van der Waals surface area contributed by atoms with Gasteiger partial charge in [0.1, 0.15) is 0 Å². The zero-order valence-electron chi connectivity index (χ0n) is 16.7. The molecule has 0 saturated heterocycles. The normalized spacial score (nSPS) is 24.6. The molecule has 0 aromatic heterocycles. The third kappa shape index (κ3) is 2.92. The molecule has 0 spiro atoms. The Hall–Kier alpha value is -2.62. The molecule has 0 saturated carbocycles. The molecule has 2 aromatic rings. The van der Waals surface area contributed by atoms with Crippen LogP contribution in [0.3, 0.4) is 0 Å². The van der Waals surface area contributed by atoms with E-state index in [1.165, 1.54) is 0 Å². The smallest absolute Gasteiger partial charge is 0.311 e. The number of hydrogen-bond acceptors (Lipinski definition) is 4. The predicted molar refractivity (Wildman–Crippen MR) is 106 cm³/mol. The summed E-state index contributed by atoms with van der Waals surface area (Å²) in [6.07, 6.45) is -0.472. The number of hydrogen-bond donors (Lipinski definition) is 0. The minimum absolute atomic E-state index is 0.201. The van der Waals surface area contributed by atoms with E-state index in [0.29, 0.717) is 0 Å². The SMILES string of the molecule is CC(C)OC(=O)C1C2c3ccccc3C(c3ccccc32)C1C(=O)OC(C)C. The quantitative estimate of drug-likeness (QED) is 0.740. The maximum Gasteiger partial charge on any atom is 0.311 e. The fourth-order valence-corrected chi connectivity index (χ4v) is 4.87. The number of carbonyl (C=O) groups excluding carboxylic acids is 2. The molecule has 2 bridgehead atoms. The molecule has 146 valence electrons. The van der Waals surface area contributed by atoms with Gasteiger partial charge < -0.3 is 9.47 Å². The van der Waals surface area contributed by atoms with Crippen molar-refractivity contribution in [2.75, 3.05) is 0 Å². The summed E-state index contributed by atoms with van der Waals surface area (Å²) in [6.45, 7) is 7.34. The second-order valence-corrected chi connectivity index (χ2v) is 8.24. The van der Waals surface area contributed by atoms with Crippen molar-refractivity contribution < 1.29 is 19.1 Å². The van der Waals surface area contributed by atoms with Gasteiger partial charge in [-0.2, -0.15) is 0 Å². The van der Waals surface area contributed by atoms with E-state index in [1.54, 1.807) is 0 Å². The van der Waals surface area contributed by atoms with Gasteiger partial charge in [-0.15, -0.1) is 0 Å². The van der Waals surface area contributed by atoms with Crippen LogP contribution >= 0.6 is 0 Å². The van der Waals surface area contributed by atoms with Crippen LogP contribution in [0.25, 0.3) is 0 Å². The highest BCUT2D eigenvalue weighted by molar-refractivity contribution is 5.88. The standard InChI is InChI=1S/C24H26O4/c1-13(2)27-23(25)21-19-15-9-5-7-11-17(15)20(18-12-8-6-10-16(18)19)22(21)24(26)28-14(3)4/h5-14,19-22H,1-4H3. The monoisotopic (exact) mass is 378 g/mol. The van der Waals surface area contributed by atoms with Crippen molar-refractivity contribution in [1.29, 1.82) is 0 Å². The van der Waals surface area contributed by atoms with Crippen LogP contribution < -0.4 is 0 Å². The fraction of sp³-hybridized carbons (Fsp3) is 0.417. The molecule has 0 N–H and O–H groups in total. The molecule has 2 atom stereocenters. The van der Waals surface area contributed by atoms with Gasteiger partial charge in [-0.1, -0.05) is 48.5 Å². The summed E-state index contributed by atoms with van der Waals surface area (Å²) in [5.41, 5.74) is 4.46. The molecule has 0 heterocycles. The Kier molecular flexibility index (Phi) is 4.74. The van der Waals surface area contributed by atoms with Gasteiger partial charge >= 0.3 is 11.9 Å². The van der Waals surface area contributed by atoms with Gasteiger partial charge in [0.25, 0.3) is 0 Å². The fourth-order valence-electron chi connectivity index (χ4n) is 4.87. The molecular formula is C24H26O4. The van der Waals surface area contributed by atoms with Crippen molar-refractivity contribution in [3.05, 3.63) is 70.8 Å². The highest BCUT2D eigenvalue weighted by Gasteiger charge is 2.56. The van der Waals surface area contributed by atoms with Crippen molar-refractivity contribution in [3.8, 4) is 0 Å². The van der Waals surface area contributed by atoms with Crippen molar-refractivity contribution in [2.45, 2.75) is 51.7 Å². The van der Waals surface area contributed by atoms with E-state index in [-0.39, 0.29) is 36.0 Å². The molecule has 2 unspecified atom stereocenters. The predicted octanol–water partition coefficient (Wildman–Crippen LogP) is 4.41. The first-order chi connectivity index (χ1) is 13.4. The largest absolute Gasteiger partial charge is 0.463 e. The highest BCUT2D eigenvalue weighted by atomic mass is 16.6. The van der Waals surface area contributed by atoms with Gasteiger partial charge in [0, 0.05) is 11.8 Å². The van der Waals surface area contributed by atoms with Gasteiger partial charge in [0.05, 0.1) is 24.0 Å². The Morgan fingerprint density at radius 1 is 0.643 bits per heavy atom. The summed E-state index contributed by atoms with van der Waals surface area (Å²) in [5, 5.41) is 0. The van der Waals surface area contributed by atoms with Crippen LogP contribution in [0.5, 0.6) is 0 Å². The molecule has 3 aliphatic carbocycles. The average molecular weight is 378 g/mol. The molecular weight excluding hydrogens is 352 g/mol. The first kappa shape index (κ1) is 18.7. The lowest BCUT2D eigenvalue weighted by molar-refractivity contribution is -0.167. The lowest BCUT2D eigenvalue weighted by atomic mass is 9.54. The summed E-state index contributed by atoms with van der Waals surface area (Å²) >= 11 is 0. The lowest BCUT2D eigenvalue weighted by Gasteiger charge is -2.48. The van der Waals surface area contributed by atoms with Gasteiger partial charge in [-0.25, -0.2) is 0 Å². The molecule has 0 amide bonds. The second-order valence-electron chi connectivity index (χ2n) is 8.24. The number of ether oxygens (including phenoxy) is 2. The van der Waals surface area contributed by atoms with Crippen LogP contribution in [-0.4, -0.2) is 24.1 Å². The van der Waals surface area contributed by atoms with E-state index in [0.717, 1.165) is 22.3 Å². The minimum atomic E-state index is -0.580. The maximum absolute atomic E-state index is 13.2.